The van der Waals surface area contributed by atoms with E-state index < -0.39 is 0 Å². The molecule has 6 heteroatoms. The van der Waals surface area contributed by atoms with Gasteiger partial charge in [0.05, 0.1) is 12.3 Å². The van der Waals surface area contributed by atoms with Gasteiger partial charge in [-0.25, -0.2) is 9.37 Å². The highest BCUT2D eigenvalue weighted by molar-refractivity contribution is 5.76. The highest BCUT2D eigenvalue weighted by Gasteiger charge is 2.28. The van der Waals surface area contributed by atoms with Crippen LogP contribution in [0, 0.1) is 11.7 Å². The summed E-state index contributed by atoms with van der Waals surface area (Å²) >= 11 is 0. The molecule has 0 aliphatic carbocycles. The Labute approximate surface area is 140 Å². The van der Waals surface area contributed by atoms with E-state index in [2.05, 4.69) is 4.98 Å². The monoisotopic (exact) mass is 332 g/mol. The Morgan fingerprint density at radius 2 is 2.21 bits per heavy atom. The van der Waals surface area contributed by atoms with E-state index in [1.807, 2.05) is 0 Å². The van der Waals surface area contributed by atoms with Gasteiger partial charge in [-0.05, 0) is 37.6 Å². The van der Waals surface area contributed by atoms with Gasteiger partial charge in [0.2, 0.25) is 5.91 Å². The molecule has 24 heavy (non-hydrogen) atoms. The molecule has 2 unspecified atom stereocenters. The number of aliphatic hydroxyl groups is 1. The molecule has 1 fully saturated rings. The number of nitrogens with zero attached hydrogens (tertiary/aromatic N) is 2. The number of halogens is 1. The predicted octanol–water partition coefficient (Wildman–Crippen LogP) is 2.64. The maximum Gasteiger partial charge on any atom is 0.223 e. The molecule has 0 saturated carbocycles. The molecular formula is C18H21FN2O3. The summed E-state index contributed by atoms with van der Waals surface area (Å²) in [4.78, 5) is 18.2. The molecule has 0 spiro atoms. The van der Waals surface area contributed by atoms with Crippen LogP contribution in [0.3, 0.4) is 0 Å². The Hall–Kier alpha value is -2.21. The second-order valence-corrected chi connectivity index (χ2v) is 6.25. The predicted molar refractivity (Wildman–Crippen MR) is 86.6 cm³/mol. The van der Waals surface area contributed by atoms with Crippen LogP contribution in [0.1, 0.15) is 25.7 Å². The fourth-order valence-corrected chi connectivity index (χ4v) is 2.95. The molecule has 1 aliphatic rings. The number of benzene rings is 1. The maximum atomic E-state index is 12.9. The van der Waals surface area contributed by atoms with E-state index in [1.165, 1.54) is 12.1 Å². The molecule has 2 heterocycles. The van der Waals surface area contributed by atoms with Crippen molar-refractivity contribution in [2.75, 3.05) is 13.1 Å². The molecule has 1 amide bonds. The first-order valence-electron chi connectivity index (χ1n) is 8.19. The van der Waals surface area contributed by atoms with Crippen molar-refractivity contribution in [3.05, 3.63) is 42.2 Å². The number of aliphatic hydroxyl groups excluding tert-OH is 1. The number of carbonyl (C=O) groups is 1. The van der Waals surface area contributed by atoms with Crippen molar-refractivity contribution < 1.29 is 18.7 Å². The first-order chi connectivity index (χ1) is 11.5. The van der Waals surface area contributed by atoms with E-state index in [1.54, 1.807) is 30.2 Å². The standard InChI is InChI=1S/C18H21FN2O3/c1-12(22)14-8-9-21(11-14)18(23)7-6-17-20-10-16(24-17)13-2-4-15(19)5-3-13/h2-5,10,12,14,22H,6-9,11H2,1H3. The van der Waals surface area contributed by atoms with E-state index in [4.69, 9.17) is 4.42 Å². The van der Waals surface area contributed by atoms with Gasteiger partial charge in [0.1, 0.15) is 5.82 Å². The molecule has 128 valence electrons. The smallest absolute Gasteiger partial charge is 0.223 e. The SMILES string of the molecule is CC(O)C1CCN(C(=O)CCc2ncc(-c3ccc(F)cc3)o2)C1. The van der Waals surface area contributed by atoms with Crippen molar-refractivity contribution in [2.45, 2.75) is 32.3 Å². The lowest BCUT2D eigenvalue weighted by Crippen LogP contribution is -2.30. The summed E-state index contributed by atoms with van der Waals surface area (Å²) in [6.07, 6.45) is 2.81. The number of hydrogen-bond donors (Lipinski definition) is 1. The molecule has 1 aromatic carbocycles. The van der Waals surface area contributed by atoms with Gasteiger partial charge in [-0.1, -0.05) is 0 Å². The normalized spacial score (nSPS) is 18.8. The van der Waals surface area contributed by atoms with Gasteiger partial charge in [-0.3, -0.25) is 4.79 Å². The van der Waals surface area contributed by atoms with Crippen LogP contribution in [0.4, 0.5) is 4.39 Å². The molecule has 1 aromatic heterocycles. The minimum atomic E-state index is -0.382. The van der Waals surface area contributed by atoms with Crippen molar-refractivity contribution in [3.63, 3.8) is 0 Å². The Kier molecular flexibility index (Phi) is 4.94. The Morgan fingerprint density at radius 3 is 2.88 bits per heavy atom. The molecular weight excluding hydrogens is 311 g/mol. The fourth-order valence-electron chi connectivity index (χ4n) is 2.95. The zero-order valence-electron chi connectivity index (χ0n) is 13.6. The fraction of sp³-hybridized carbons (Fsp3) is 0.444. The lowest BCUT2D eigenvalue weighted by molar-refractivity contribution is -0.130. The van der Waals surface area contributed by atoms with Crippen molar-refractivity contribution >= 4 is 5.91 Å². The van der Waals surface area contributed by atoms with E-state index in [-0.39, 0.29) is 23.7 Å². The first-order valence-corrected chi connectivity index (χ1v) is 8.19. The van der Waals surface area contributed by atoms with Crippen LogP contribution >= 0.6 is 0 Å². The Balaban J connectivity index is 1.54. The third-order valence-corrected chi connectivity index (χ3v) is 4.49. The van der Waals surface area contributed by atoms with Gasteiger partial charge in [-0.15, -0.1) is 0 Å². The van der Waals surface area contributed by atoms with Gasteiger partial charge in [-0.2, -0.15) is 0 Å². The second kappa shape index (κ2) is 7.13. The van der Waals surface area contributed by atoms with Gasteiger partial charge >= 0.3 is 0 Å². The molecule has 2 atom stereocenters. The summed E-state index contributed by atoms with van der Waals surface area (Å²) in [6, 6.07) is 6.00. The van der Waals surface area contributed by atoms with E-state index >= 15 is 0 Å². The van der Waals surface area contributed by atoms with Crippen LogP contribution < -0.4 is 0 Å². The topological polar surface area (TPSA) is 66.6 Å². The van der Waals surface area contributed by atoms with Crippen molar-refractivity contribution in [3.8, 4) is 11.3 Å². The molecule has 5 nitrogen and oxygen atoms in total. The molecule has 1 saturated heterocycles. The Bertz CT molecular complexity index is 697. The van der Waals surface area contributed by atoms with Gasteiger partial charge < -0.3 is 14.4 Å². The Morgan fingerprint density at radius 1 is 1.46 bits per heavy atom. The van der Waals surface area contributed by atoms with Crippen molar-refractivity contribution in [2.24, 2.45) is 5.92 Å². The average molecular weight is 332 g/mol. The van der Waals surface area contributed by atoms with Gasteiger partial charge in [0, 0.05) is 37.4 Å². The number of aryl methyl sites for hydroxylation is 1. The number of hydrogen-bond acceptors (Lipinski definition) is 4. The third kappa shape index (κ3) is 3.82. The first kappa shape index (κ1) is 16.6. The minimum absolute atomic E-state index is 0.0553. The highest BCUT2D eigenvalue weighted by atomic mass is 19.1. The van der Waals surface area contributed by atoms with Crippen LogP contribution in [-0.4, -0.2) is 40.1 Å². The number of amides is 1. The molecule has 1 N–H and O–H groups in total. The van der Waals surface area contributed by atoms with E-state index in [0.29, 0.717) is 37.6 Å². The molecule has 1 aliphatic heterocycles. The highest BCUT2D eigenvalue weighted by Crippen LogP contribution is 2.23. The summed E-state index contributed by atoms with van der Waals surface area (Å²) in [6.45, 7) is 3.08. The van der Waals surface area contributed by atoms with Crippen molar-refractivity contribution in [1.82, 2.24) is 9.88 Å². The van der Waals surface area contributed by atoms with Crippen LogP contribution in [-0.2, 0) is 11.2 Å². The van der Waals surface area contributed by atoms with Gasteiger partial charge in [0.25, 0.3) is 0 Å². The zero-order chi connectivity index (χ0) is 17.1. The lowest BCUT2D eigenvalue weighted by atomic mass is 10.0. The van der Waals surface area contributed by atoms with E-state index in [9.17, 15) is 14.3 Å². The van der Waals surface area contributed by atoms with Gasteiger partial charge in [0.15, 0.2) is 11.7 Å². The number of rotatable bonds is 5. The van der Waals surface area contributed by atoms with Crippen LogP contribution in [0.15, 0.2) is 34.9 Å². The summed E-state index contributed by atoms with van der Waals surface area (Å²) in [5, 5.41) is 9.60. The van der Waals surface area contributed by atoms with Crippen molar-refractivity contribution in [1.29, 1.82) is 0 Å². The summed E-state index contributed by atoms with van der Waals surface area (Å²) in [5.41, 5.74) is 0.751. The van der Waals surface area contributed by atoms with Crippen LogP contribution in [0.25, 0.3) is 11.3 Å². The average Bonchev–Trinajstić information content (AvgIpc) is 3.23. The number of aromatic nitrogens is 1. The summed E-state index contributed by atoms with van der Waals surface area (Å²) in [7, 11) is 0. The van der Waals surface area contributed by atoms with Crippen LogP contribution in [0.5, 0.6) is 0 Å². The lowest BCUT2D eigenvalue weighted by Gasteiger charge is -2.17. The summed E-state index contributed by atoms with van der Waals surface area (Å²) < 4.78 is 18.6. The quantitative estimate of drug-likeness (QED) is 0.914. The largest absolute Gasteiger partial charge is 0.441 e. The second-order valence-electron chi connectivity index (χ2n) is 6.25. The molecule has 0 radical (unpaired) electrons. The number of oxazole rings is 1. The summed E-state index contributed by atoms with van der Waals surface area (Å²) in [5.74, 6) is 0.979. The van der Waals surface area contributed by atoms with E-state index in [0.717, 1.165) is 12.0 Å². The maximum absolute atomic E-state index is 12.9. The number of likely N-dealkylation sites (tertiary alicyclic amines) is 1. The third-order valence-electron chi connectivity index (χ3n) is 4.49. The minimum Gasteiger partial charge on any atom is -0.441 e. The molecule has 3 rings (SSSR count). The van der Waals surface area contributed by atoms with Crippen LogP contribution in [0.2, 0.25) is 0 Å². The zero-order valence-corrected chi connectivity index (χ0v) is 13.6. The molecule has 2 aromatic rings. The molecule has 0 bridgehead atoms. The number of carbonyl (C=O) groups excluding carboxylic acids is 1.